The van der Waals surface area contributed by atoms with E-state index in [-0.39, 0.29) is 16.7 Å². The highest BCUT2D eigenvalue weighted by atomic mass is 16.5. The van der Waals surface area contributed by atoms with Crippen LogP contribution < -0.4 is 5.32 Å². The van der Waals surface area contributed by atoms with Crippen LogP contribution in [0.25, 0.3) is 0 Å². The maximum atomic E-state index is 12.9. The Morgan fingerprint density at radius 1 is 1.30 bits per heavy atom. The number of rotatable bonds is 2. The van der Waals surface area contributed by atoms with Gasteiger partial charge in [0.25, 0.3) is 5.91 Å². The Labute approximate surface area is 119 Å². The molecular weight excluding hydrogens is 250 g/mol. The molecule has 0 spiro atoms. The molecule has 1 saturated heterocycles. The van der Waals surface area contributed by atoms with Crippen molar-refractivity contribution >= 4 is 11.6 Å². The topological polar surface area (TPSA) is 38.3 Å². The molecule has 4 rings (SSSR count). The lowest BCUT2D eigenvalue weighted by molar-refractivity contribution is -0.149. The van der Waals surface area contributed by atoms with Gasteiger partial charge in [-0.15, -0.1) is 0 Å². The Morgan fingerprint density at radius 3 is 2.70 bits per heavy atom. The second-order valence-electron chi connectivity index (χ2n) is 7.13. The normalized spacial score (nSPS) is 44.8. The van der Waals surface area contributed by atoms with Gasteiger partial charge in [-0.2, -0.15) is 0 Å². The van der Waals surface area contributed by atoms with Crippen LogP contribution in [0, 0.1) is 16.7 Å². The Morgan fingerprint density at radius 2 is 2.05 bits per heavy atom. The van der Waals surface area contributed by atoms with Gasteiger partial charge in [0.15, 0.2) is 5.60 Å². The van der Waals surface area contributed by atoms with Crippen molar-refractivity contribution in [2.75, 3.05) is 11.9 Å². The van der Waals surface area contributed by atoms with Crippen molar-refractivity contribution < 1.29 is 9.53 Å². The minimum atomic E-state index is -0.611. The number of carbonyl (C=O) groups is 1. The highest BCUT2D eigenvalue weighted by Gasteiger charge is 2.78. The zero-order chi connectivity index (χ0) is 14.0. The smallest absolute Gasteiger partial charge is 0.257 e. The average molecular weight is 271 g/mol. The summed E-state index contributed by atoms with van der Waals surface area (Å²) in [7, 11) is 0. The van der Waals surface area contributed by atoms with Crippen LogP contribution in [0.15, 0.2) is 30.3 Å². The first-order valence-electron chi connectivity index (χ1n) is 7.52. The molecular formula is C17H21NO2. The molecule has 2 aliphatic carbocycles. The van der Waals surface area contributed by atoms with E-state index in [2.05, 4.69) is 19.2 Å². The molecule has 3 nitrogen and oxygen atoms in total. The molecule has 3 fully saturated rings. The summed E-state index contributed by atoms with van der Waals surface area (Å²) in [6, 6.07) is 9.69. The zero-order valence-electron chi connectivity index (χ0n) is 12.1. The van der Waals surface area contributed by atoms with Crippen molar-refractivity contribution in [3.63, 3.8) is 0 Å². The number of benzene rings is 1. The van der Waals surface area contributed by atoms with Gasteiger partial charge in [0, 0.05) is 16.5 Å². The number of para-hydroxylation sites is 1. The Balaban J connectivity index is 1.68. The van der Waals surface area contributed by atoms with E-state index in [9.17, 15) is 4.79 Å². The third kappa shape index (κ3) is 1.19. The van der Waals surface area contributed by atoms with Crippen molar-refractivity contribution in [1.29, 1.82) is 0 Å². The monoisotopic (exact) mass is 271 g/mol. The Bertz CT molecular complexity index is 572. The maximum absolute atomic E-state index is 12.9. The van der Waals surface area contributed by atoms with E-state index in [1.807, 2.05) is 30.3 Å². The molecule has 1 aromatic carbocycles. The van der Waals surface area contributed by atoms with Crippen molar-refractivity contribution in [2.45, 2.75) is 38.7 Å². The fraction of sp³-hybridized carbons (Fsp3) is 0.588. The van der Waals surface area contributed by atoms with Gasteiger partial charge in [-0.1, -0.05) is 32.0 Å². The quantitative estimate of drug-likeness (QED) is 0.897. The van der Waals surface area contributed by atoms with Gasteiger partial charge >= 0.3 is 0 Å². The number of ether oxygens (including phenoxy) is 1. The van der Waals surface area contributed by atoms with Crippen molar-refractivity contribution in [2.24, 2.45) is 16.7 Å². The van der Waals surface area contributed by atoms with Gasteiger partial charge in [0.05, 0.1) is 6.61 Å². The molecule has 0 aromatic heterocycles. The highest BCUT2D eigenvalue weighted by molar-refractivity contribution is 5.99. The fourth-order valence-electron chi connectivity index (χ4n) is 5.01. The molecule has 1 aromatic rings. The third-order valence-electron chi connectivity index (χ3n) is 6.60. The largest absolute Gasteiger partial charge is 0.364 e. The summed E-state index contributed by atoms with van der Waals surface area (Å²) >= 11 is 0. The highest BCUT2D eigenvalue weighted by Crippen LogP contribution is 2.75. The molecule has 1 N–H and O–H groups in total. The first-order valence-corrected chi connectivity index (χ1v) is 7.52. The van der Waals surface area contributed by atoms with Crippen LogP contribution in [0.2, 0.25) is 0 Å². The van der Waals surface area contributed by atoms with Crippen LogP contribution in [0.5, 0.6) is 0 Å². The Kier molecular flexibility index (Phi) is 2.26. The molecule has 2 saturated carbocycles. The van der Waals surface area contributed by atoms with E-state index in [0.29, 0.717) is 5.92 Å². The maximum Gasteiger partial charge on any atom is 0.257 e. The minimum Gasteiger partial charge on any atom is -0.364 e. The predicted octanol–water partition coefficient (Wildman–Crippen LogP) is 3.22. The van der Waals surface area contributed by atoms with Gasteiger partial charge in [0.2, 0.25) is 0 Å². The van der Waals surface area contributed by atoms with E-state index < -0.39 is 5.60 Å². The van der Waals surface area contributed by atoms with Gasteiger partial charge in [0.1, 0.15) is 0 Å². The van der Waals surface area contributed by atoms with Crippen LogP contribution in [-0.4, -0.2) is 18.1 Å². The molecule has 0 radical (unpaired) electrons. The van der Waals surface area contributed by atoms with E-state index in [1.54, 1.807) is 0 Å². The van der Waals surface area contributed by atoms with Gasteiger partial charge in [-0.05, 0) is 37.3 Å². The van der Waals surface area contributed by atoms with E-state index in [1.165, 1.54) is 6.42 Å². The van der Waals surface area contributed by atoms with Crippen molar-refractivity contribution in [3.8, 4) is 0 Å². The molecule has 106 valence electrons. The summed E-state index contributed by atoms with van der Waals surface area (Å²) in [6.45, 7) is 5.31. The number of hydrogen-bond donors (Lipinski definition) is 1. The fourth-order valence-corrected chi connectivity index (χ4v) is 5.01. The van der Waals surface area contributed by atoms with Gasteiger partial charge < -0.3 is 10.1 Å². The second-order valence-corrected chi connectivity index (χ2v) is 7.13. The molecule has 1 amide bonds. The lowest BCUT2D eigenvalue weighted by Gasteiger charge is -2.39. The summed E-state index contributed by atoms with van der Waals surface area (Å²) in [5, 5.41) is 3.07. The Hall–Kier alpha value is -1.35. The van der Waals surface area contributed by atoms with E-state index in [0.717, 1.165) is 25.1 Å². The van der Waals surface area contributed by atoms with Crippen molar-refractivity contribution in [3.05, 3.63) is 30.3 Å². The molecule has 1 aliphatic heterocycles. The molecule has 20 heavy (non-hydrogen) atoms. The first-order chi connectivity index (χ1) is 9.52. The van der Waals surface area contributed by atoms with E-state index in [4.69, 9.17) is 4.74 Å². The SMILES string of the molecule is C[C@@]12CC[C@@H]3C[C@]1(C(=O)Nc1ccccc1)OC[C@]32C. The summed E-state index contributed by atoms with van der Waals surface area (Å²) in [4.78, 5) is 12.9. The lowest BCUT2D eigenvalue weighted by atomic mass is 9.66. The molecule has 4 atom stereocenters. The van der Waals surface area contributed by atoms with Gasteiger partial charge in [-0.3, -0.25) is 4.79 Å². The molecule has 0 unspecified atom stereocenters. The summed E-state index contributed by atoms with van der Waals surface area (Å²) in [5.74, 6) is 0.694. The molecule has 1 heterocycles. The summed E-state index contributed by atoms with van der Waals surface area (Å²) in [5.41, 5.74) is 0.417. The minimum absolute atomic E-state index is 0.0104. The summed E-state index contributed by atoms with van der Waals surface area (Å²) < 4.78 is 6.10. The number of amides is 1. The van der Waals surface area contributed by atoms with Crippen LogP contribution in [0.1, 0.15) is 33.1 Å². The van der Waals surface area contributed by atoms with Crippen LogP contribution in [0.3, 0.4) is 0 Å². The molecule has 3 heteroatoms. The predicted molar refractivity (Wildman–Crippen MR) is 77.3 cm³/mol. The number of anilines is 1. The third-order valence-corrected chi connectivity index (χ3v) is 6.60. The average Bonchev–Trinajstić information content (AvgIpc) is 2.92. The molecule has 3 aliphatic rings. The standard InChI is InChI=1S/C17H21NO2/c1-15-11-20-17(10-12(15)8-9-16(15,17)2)14(19)18-13-6-4-3-5-7-13/h3-7,12H,8-11H2,1-2H3,(H,18,19)/t12-,15-,16+,17-/m1/s1. The van der Waals surface area contributed by atoms with Crippen LogP contribution in [-0.2, 0) is 9.53 Å². The summed E-state index contributed by atoms with van der Waals surface area (Å²) in [6.07, 6.45) is 3.24. The van der Waals surface area contributed by atoms with Crippen LogP contribution >= 0.6 is 0 Å². The van der Waals surface area contributed by atoms with Crippen LogP contribution in [0.4, 0.5) is 5.69 Å². The lowest BCUT2D eigenvalue weighted by Crippen LogP contribution is -2.52. The van der Waals surface area contributed by atoms with E-state index >= 15 is 0 Å². The number of hydrogen-bond acceptors (Lipinski definition) is 2. The molecule has 4 bridgehead atoms. The van der Waals surface area contributed by atoms with Gasteiger partial charge in [-0.25, -0.2) is 0 Å². The second kappa shape index (κ2) is 3.64. The number of nitrogens with one attached hydrogen (secondary N) is 1. The first kappa shape index (κ1) is 12.4. The zero-order valence-corrected chi connectivity index (χ0v) is 12.1. The number of carbonyl (C=O) groups excluding carboxylic acids is 1. The van der Waals surface area contributed by atoms with Crippen molar-refractivity contribution in [1.82, 2.24) is 0 Å².